The molecule has 2 unspecified atom stereocenters. The van der Waals surface area contributed by atoms with E-state index < -0.39 is 74.7 Å². The van der Waals surface area contributed by atoms with Crippen LogP contribution in [0.5, 0.6) is 0 Å². The standard InChI is InChI=1S/C19H22F2N11O8PS/c20-8-6(1-33)39-17(31-5-26-10-15(31)27-18(23)28-16(10)35)11(8)40-41(36,42)38-2-7-12(34)19(21,3-37-7)32-14-9(29-30-32)13(22)24-4-25-14/h4-8,11-12,17,33-34H,1-3H2,(H,36,42)(H2,22,24,25)(H3,23,27,28,35)/t6-,7-,8-,11-,12-,17-,19?,41?/m1/s1. The van der Waals surface area contributed by atoms with E-state index in [0.717, 1.165) is 17.2 Å². The van der Waals surface area contributed by atoms with E-state index in [0.29, 0.717) is 4.68 Å². The van der Waals surface area contributed by atoms with E-state index in [1.807, 2.05) is 0 Å². The Morgan fingerprint density at radius 3 is 2.81 bits per heavy atom. The number of hydrogen-bond acceptors (Lipinski definition) is 16. The number of halogens is 2. The molecule has 4 aromatic rings. The first-order valence-corrected chi connectivity index (χ1v) is 14.6. The summed E-state index contributed by atoms with van der Waals surface area (Å²) in [7, 11) is 0. The Hall–Kier alpha value is -3.34. The number of nitrogens with one attached hydrogen (secondary N) is 1. The van der Waals surface area contributed by atoms with E-state index >= 15 is 8.78 Å². The predicted octanol–water partition coefficient (Wildman–Crippen LogP) is -2.25. The van der Waals surface area contributed by atoms with Crippen LogP contribution in [-0.2, 0) is 36.1 Å². The molecule has 23 heteroatoms. The summed E-state index contributed by atoms with van der Waals surface area (Å²) in [6.07, 6.45) is -7.74. The number of nitrogens with two attached hydrogens (primary N) is 2. The number of fused-ring (bicyclic) bond motifs is 2. The molecule has 0 aromatic carbocycles. The van der Waals surface area contributed by atoms with Crippen molar-refractivity contribution >= 4 is 52.6 Å². The zero-order valence-corrected chi connectivity index (χ0v) is 22.7. The van der Waals surface area contributed by atoms with E-state index in [-0.39, 0.29) is 34.1 Å². The fourth-order valence-electron chi connectivity index (χ4n) is 4.69. The lowest BCUT2D eigenvalue weighted by atomic mass is 10.1. The van der Waals surface area contributed by atoms with Crippen molar-refractivity contribution in [2.24, 2.45) is 0 Å². The van der Waals surface area contributed by atoms with Gasteiger partial charge in [0.1, 0.15) is 37.4 Å². The predicted molar refractivity (Wildman–Crippen MR) is 138 cm³/mol. The fourth-order valence-corrected chi connectivity index (χ4v) is 6.09. The number of anilines is 2. The third kappa shape index (κ3) is 4.69. The number of alkyl halides is 2. The van der Waals surface area contributed by atoms with E-state index in [2.05, 4.69) is 35.2 Å². The first-order chi connectivity index (χ1) is 19.9. The number of nitrogens with zero attached hydrogens (tertiary/aromatic N) is 8. The molecule has 0 spiro atoms. The number of nitrogen functional groups attached to an aromatic ring is 2. The molecule has 2 fully saturated rings. The van der Waals surface area contributed by atoms with Gasteiger partial charge in [-0.05, 0) is 11.8 Å². The van der Waals surface area contributed by atoms with Crippen molar-refractivity contribution in [1.29, 1.82) is 0 Å². The van der Waals surface area contributed by atoms with E-state index in [1.54, 1.807) is 0 Å². The highest BCUT2D eigenvalue weighted by Crippen LogP contribution is 2.51. The van der Waals surface area contributed by atoms with Crippen molar-refractivity contribution in [3.63, 3.8) is 0 Å². The van der Waals surface area contributed by atoms with Crippen LogP contribution in [0.1, 0.15) is 6.23 Å². The van der Waals surface area contributed by atoms with Crippen LogP contribution in [0.15, 0.2) is 17.4 Å². The maximum Gasteiger partial charge on any atom is 0.325 e. The minimum Gasteiger partial charge on any atom is -0.394 e. The highest BCUT2D eigenvalue weighted by atomic mass is 32.5. The van der Waals surface area contributed by atoms with Crippen molar-refractivity contribution < 1.29 is 42.4 Å². The van der Waals surface area contributed by atoms with Crippen LogP contribution in [0.3, 0.4) is 0 Å². The van der Waals surface area contributed by atoms with Crippen LogP contribution < -0.4 is 17.0 Å². The molecule has 8 atom stereocenters. The topological polar surface area (TPSA) is 270 Å². The summed E-state index contributed by atoms with van der Waals surface area (Å²) in [4.78, 5) is 40.8. The Morgan fingerprint density at radius 2 is 2.05 bits per heavy atom. The first kappa shape index (κ1) is 28.8. The van der Waals surface area contributed by atoms with Crippen molar-refractivity contribution in [3.05, 3.63) is 23.0 Å². The molecule has 226 valence electrons. The average molecular weight is 633 g/mol. The lowest BCUT2D eigenvalue weighted by Crippen LogP contribution is -2.44. The van der Waals surface area contributed by atoms with Crippen molar-refractivity contribution in [1.82, 2.24) is 44.5 Å². The van der Waals surface area contributed by atoms with Crippen LogP contribution in [0.4, 0.5) is 20.5 Å². The molecular weight excluding hydrogens is 611 g/mol. The Kier molecular flexibility index (Phi) is 7.14. The molecule has 0 amide bonds. The number of H-pyrrole nitrogens is 1. The second kappa shape index (κ2) is 10.4. The van der Waals surface area contributed by atoms with Gasteiger partial charge in [-0.15, -0.1) is 5.10 Å². The van der Waals surface area contributed by atoms with Gasteiger partial charge in [0.05, 0.1) is 19.5 Å². The Bertz CT molecular complexity index is 1760. The molecule has 6 heterocycles. The smallest absolute Gasteiger partial charge is 0.325 e. The number of aromatic nitrogens is 9. The molecule has 2 saturated heterocycles. The summed E-state index contributed by atoms with van der Waals surface area (Å²) in [6, 6.07) is 0. The SMILES string of the molecule is Nc1nc2c(ncn2[C@@H]2O[C@H](CO)[C@@H](F)[C@H]2OP(O)(=S)OC[C@H]2OCC(F)(n3nnc4c(N)ncnc43)[C@@H]2O)c(=O)[nH]1. The van der Waals surface area contributed by atoms with Crippen LogP contribution in [-0.4, -0.2) is 110 Å². The number of rotatable bonds is 8. The molecular formula is C19H22F2N11O8PS. The van der Waals surface area contributed by atoms with Gasteiger partial charge >= 0.3 is 6.72 Å². The molecule has 6 rings (SSSR count). The third-order valence-electron chi connectivity index (χ3n) is 6.75. The minimum absolute atomic E-state index is 0.00384. The van der Waals surface area contributed by atoms with Crippen LogP contribution in [0.25, 0.3) is 22.3 Å². The van der Waals surface area contributed by atoms with Gasteiger partial charge < -0.3 is 40.6 Å². The van der Waals surface area contributed by atoms with Gasteiger partial charge in [0.2, 0.25) is 5.95 Å². The van der Waals surface area contributed by atoms with Crippen LogP contribution in [0, 0.1) is 0 Å². The summed E-state index contributed by atoms with van der Waals surface area (Å²) < 4.78 is 54.7. The summed E-state index contributed by atoms with van der Waals surface area (Å²) in [5, 5.41) is 27.8. The van der Waals surface area contributed by atoms with E-state index in [9.17, 15) is 19.9 Å². The van der Waals surface area contributed by atoms with Gasteiger partial charge in [-0.1, -0.05) is 5.21 Å². The average Bonchev–Trinajstić information content (AvgIpc) is 3.70. The first-order valence-electron chi connectivity index (χ1n) is 12.0. The van der Waals surface area contributed by atoms with Gasteiger partial charge in [0.15, 0.2) is 40.5 Å². The van der Waals surface area contributed by atoms with Gasteiger partial charge in [-0.3, -0.25) is 18.9 Å². The highest BCUT2D eigenvalue weighted by molar-refractivity contribution is 8.07. The molecule has 2 aliphatic rings. The quantitative estimate of drug-likeness (QED) is 0.112. The maximum atomic E-state index is 15.9. The number of hydrogen-bond donors (Lipinski definition) is 6. The molecule has 2 aliphatic heterocycles. The number of aliphatic hydroxyl groups is 2. The number of imidazole rings is 1. The second-order valence-electron chi connectivity index (χ2n) is 9.35. The van der Waals surface area contributed by atoms with Crippen LogP contribution >= 0.6 is 6.72 Å². The molecule has 19 nitrogen and oxygen atoms in total. The van der Waals surface area contributed by atoms with Crippen LogP contribution in [0.2, 0.25) is 0 Å². The third-order valence-corrected chi connectivity index (χ3v) is 8.31. The number of ether oxygens (including phenoxy) is 2. The maximum absolute atomic E-state index is 15.9. The lowest BCUT2D eigenvalue weighted by molar-refractivity contribution is -0.0569. The molecule has 0 radical (unpaired) electrons. The zero-order chi connectivity index (χ0) is 30.0. The second-order valence-corrected chi connectivity index (χ2v) is 12.1. The van der Waals surface area contributed by atoms with Crippen molar-refractivity contribution in [2.45, 2.75) is 42.6 Å². The molecule has 4 aromatic heterocycles. The summed E-state index contributed by atoms with van der Waals surface area (Å²) >= 11 is 5.05. The van der Waals surface area contributed by atoms with Crippen molar-refractivity contribution in [3.8, 4) is 0 Å². The summed E-state index contributed by atoms with van der Waals surface area (Å²) in [5.74, 6) is -2.98. The van der Waals surface area contributed by atoms with Gasteiger partial charge in [0.25, 0.3) is 11.4 Å². The zero-order valence-electron chi connectivity index (χ0n) is 21.0. The summed E-state index contributed by atoms with van der Waals surface area (Å²) in [6.45, 7) is -6.54. The van der Waals surface area contributed by atoms with Gasteiger partial charge in [-0.2, -0.15) is 9.67 Å². The number of aliphatic hydroxyl groups excluding tert-OH is 2. The minimum atomic E-state index is -4.36. The molecule has 8 N–H and O–H groups in total. The Labute approximate surface area is 236 Å². The lowest BCUT2D eigenvalue weighted by Gasteiger charge is -2.27. The Balaban J connectivity index is 1.19. The monoisotopic (exact) mass is 633 g/mol. The highest BCUT2D eigenvalue weighted by Gasteiger charge is 2.54. The van der Waals surface area contributed by atoms with Crippen molar-refractivity contribution in [2.75, 3.05) is 31.3 Å². The number of aromatic amines is 1. The van der Waals surface area contributed by atoms with Gasteiger partial charge in [0, 0.05) is 0 Å². The van der Waals surface area contributed by atoms with Gasteiger partial charge in [-0.25, -0.2) is 23.7 Å². The molecule has 0 bridgehead atoms. The van der Waals surface area contributed by atoms with E-state index in [4.69, 9.17) is 41.8 Å². The normalized spacial score (nSPS) is 31.3. The molecule has 0 aliphatic carbocycles. The summed E-state index contributed by atoms with van der Waals surface area (Å²) in [5.41, 5.74) is 10.3. The molecule has 0 saturated carbocycles. The van der Waals surface area contributed by atoms with E-state index in [1.165, 1.54) is 0 Å². The molecule has 42 heavy (non-hydrogen) atoms. The largest absolute Gasteiger partial charge is 0.394 e. The fraction of sp³-hybridized carbons (Fsp3) is 0.526. The Morgan fingerprint density at radius 1 is 1.26 bits per heavy atom.